The average Bonchev–Trinajstić information content (AvgIpc) is 0.773. The number of rotatable bonds is 6. The molecule has 3 heterocycles. The number of nitrogens with zero attached hydrogens (tertiary/aromatic N) is 6. The number of hydrogen-bond donors (Lipinski definition) is 0. The molecular weight excluding hydrogens is 1090 g/mol. The van der Waals surface area contributed by atoms with Crippen molar-refractivity contribution >= 4 is 97.0 Å². The molecule has 6 nitrogen and oxygen atoms in total. The molecular formula is C84H48N6. The van der Waals surface area contributed by atoms with Gasteiger partial charge in [0.1, 0.15) is 17.8 Å². The molecule has 3 aromatic heterocycles. The quantitative estimate of drug-likeness (QED) is 0.153. The van der Waals surface area contributed by atoms with Crippen LogP contribution in [0, 0.1) is 34.0 Å². The lowest BCUT2D eigenvalue weighted by molar-refractivity contribution is 1.26. The molecule has 0 N–H and O–H groups in total. The molecule has 18 rings (SSSR count). The van der Waals surface area contributed by atoms with E-state index in [2.05, 4.69) is 264 Å². The molecule has 0 atom stereocenters. The molecule has 0 fully saturated rings. The molecule has 0 aliphatic carbocycles. The Bertz CT molecular complexity index is 5350. The topological polar surface area (TPSA) is 110 Å². The third kappa shape index (κ3) is 9.23. The van der Waals surface area contributed by atoms with Gasteiger partial charge < -0.3 is 0 Å². The fraction of sp³-hybridized carbons (Fsp3) is 0. The van der Waals surface area contributed by atoms with E-state index in [1.807, 2.05) is 36.5 Å². The molecule has 0 bridgehead atoms. The lowest BCUT2D eigenvalue weighted by atomic mass is 9.89. The van der Waals surface area contributed by atoms with Crippen LogP contribution in [0.15, 0.2) is 292 Å². The molecule has 6 heteroatoms. The van der Waals surface area contributed by atoms with Crippen LogP contribution in [0.4, 0.5) is 0 Å². The first-order valence-electron chi connectivity index (χ1n) is 29.8. The van der Waals surface area contributed by atoms with Crippen LogP contribution in [0.5, 0.6) is 0 Å². The van der Waals surface area contributed by atoms with Gasteiger partial charge >= 0.3 is 0 Å². The Hall–Kier alpha value is -12.7. The normalized spacial score (nSPS) is 11.3. The van der Waals surface area contributed by atoms with Crippen molar-refractivity contribution in [3.63, 3.8) is 0 Å². The summed E-state index contributed by atoms with van der Waals surface area (Å²) in [4.78, 5) is 12.8. The first-order valence-corrected chi connectivity index (χ1v) is 29.8. The maximum Gasteiger partial charge on any atom is 0.141 e. The molecule has 0 aliphatic heterocycles. The van der Waals surface area contributed by atoms with Crippen molar-refractivity contribution in [2.45, 2.75) is 0 Å². The van der Waals surface area contributed by atoms with Gasteiger partial charge in [-0.05, 0) is 196 Å². The molecule has 15 aromatic carbocycles. The van der Waals surface area contributed by atoms with Gasteiger partial charge in [-0.3, -0.25) is 9.97 Å². The predicted molar refractivity (Wildman–Crippen MR) is 371 cm³/mol. The SMILES string of the molecule is N#Cc1cc(-c2cccc(-c3ccc4ccc5cccc6ccc3c4c56)c2)ccn1.N#Cc1ccnc(-c2cccc(-c3ccc4ccc5cccc6ccc3c4c56)c2)c1.N#Cc1cncc(-c2cccc(-c3ccc4ccc5cccc6ccc3c4c56)c2)c1. The van der Waals surface area contributed by atoms with E-state index in [0.29, 0.717) is 16.8 Å². The van der Waals surface area contributed by atoms with E-state index in [1.165, 1.54) is 119 Å². The summed E-state index contributed by atoms with van der Waals surface area (Å²) in [6.07, 6.45) is 6.78. The number of aromatic nitrogens is 3. The highest BCUT2D eigenvalue weighted by Crippen LogP contribution is 2.44. The predicted octanol–water partition coefficient (Wildman–Crippen LogP) is 21.6. The molecule has 0 saturated carbocycles. The second-order valence-electron chi connectivity index (χ2n) is 22.8. The zero-order valence-corrected chi connectivity index (χ0v) is 48.4. The Morgan fingerprint density at radius 2 is 0.611 bits per heavy atom. The van der Waals surface area contributed by atoms with E-state index in [0.717, 1.165) is 44.6 Å². The molecule has 0 saturated heterocycles. The second kappa shape index (κ2) is 22.0. The molecule has 414 valence electrons. The largest absolute Gasteiger partial charge is 0.263 e. The number of benzene rings is 15. The van der Waals surface area contributed by atoms with Gasteiger partial charge in [-0.15, -0.1) is 0 Å². The summed E-state index contributed by atoms with van der Waals surface area (Å²) < 4.78 is 0. The summed E-state index contributed by atoms with van der Waals surface area (Å²) >= 11 is 0. The second-order valence-corrected chi connectivity index (χ2v) is 22.8. The van der Waals surface area contributed by atoms with Crippen LogP contribution >= 0.6 is 0 Å². The van der Waals surface area contributed by atoms with Crippen LogP contribution < -0.4 is 0 Å². The van der Waals surface area contributed by atoms with Crippen LogP contribution in [0.1, 0.15) is 16.8 Å². The molecule has 0 radical (unpaired) electrons. The van der Waals surface area contributed by atoms with Gasteiger partial charge in [-0.2, -0.15) is 15.8 Å². The van der Waals surface area contributed by atoms with Gasteiger partial charge in [0, 0.05) is 35.9 Å². The molecule has 0 aliphatic rings. The van der Waals surface area contributed by atoms with Gasteiger partial charge in [0.05, 0.1) is 22.9 Å². The number of pyridine rings is 3. The first-order chi connectivity index (χ1) is 44.4. The van der Waals surface area contributed by atoms with Gasteiger partial charge in [-0.25, -0.2) is 4.98 Å². The van der Waals surface area contributed by atoms with Gasteiger partial charge in [0.2, 0.25) is 0 Å². The zero-order chi connectivity index (χ0) is 60.2. The van der Waals surface area contributed by atoms with Crippen molar-refractivity contribution in [2.75, 3.05) is 0 Å². The lowest BCUT2D eigenvalue weighted by Crippen LogP contribution is -1.89. The van der Waals surface area contributed by atoms with E-state index in [1.54, 1.807) is 24.7 Å². The van der Waals surface area contributed by atoms with Crippen molar-refractivity contribution in [1.82, 2.24) is 15.0 Å². The third-order valence-corrected chi connectivity index (χ3v) is 17.7. The summed E-state index contributed by atoms with van der Waals surface area (Å²) in [5.41, 5.74) is 14.7. The number of nitriles is 3. The van der Waals surface area contributed by atoms with Crippen LogP contribution in [-0.2, 0) is 0 Å². The standard InChI is InChI=1S/3C28H16N2/c29-15-18-13-24(17-30-16-18)22-5-2-6-23(14-22)25-11-9-21-8-7-19-3-1-4-20-10-12-26(25)28(21)27(19)20;29-17-18-13-14-30-26(15-18)23-6-2-5-22(16-23)24-11-9-21-8-7-19-3-1-4-20-10-12-25(24)28(21)27(19)20;29-17-24-16-22(13-14-30-24)21-5-2-6-23(15-21)25-11-9-20-8-7-18-3-1-4-19-10-12-26(25)28(20)27(18)19/h1-14,16-17H;2*1-16H. The average molecular weight is 1140 g/mol. The van der Waals surface area contributed by atoms with Gasteiger partial charge in [-0.1, -0.05) is 218 Å². The first kappa shape index (κ1) is 52.9. The van der Waals surface area contributed by atoms with E-state index in [4.69, 9.17) is 0 Å². The fourth-order valence-electron chi connectivity index (χ4n) is 13.5. The molecule has 0 spiro atoms. The molecule has 18 aromatic rings. The molecule has 0 unspecified atom stereocenters. The highest BCUT2D eigenvalue weighted by Gasteiger charge is 2.17. The summed E-state index contributed by atoms with van der Waals surface area (Å²) in [7, 11) is 0. The van der Waals surface area contributed by atoms with E-state index in [-0.39, 0.29) is 0 Å². The zero-order valence-electron chi connectivity index (χ0n) is 48.4. The van der Waals surface area contributed by atoms with Crippen LogP contribution in [-0.4, -0.2) is 15.0 Å². The summed E-state index contributed by atoms with van der Waals surface area (Å²) in [6, 6.07) is 101. The van der Waals surface area contributed by atoms with Gasteiger partial charge in [0.25, 0.3) is 0 Å². The molecule has 90 heavy (non-hydrogen) atoms. The van der Waals surface area contributed by atoms with Crippen LogP contribution in [0.2, 0.25) is 0 Å². The third-order valence-electron chi connectivity index (χ3n) is 17.7. The van der Waals surface area contributed by atoms with Crippen LogP contribution in [0.25, 0.3) is 164 Å². The van der Waals surface area contributed by atoms with E-state index in [9.17, 15) is 15.8 Å². The van der Waals surface area contributed by atoms with Crippen molar-refractivity contribution in [3.05, 3.63) is 309 Å². The van der Waals surface area contributed by atoms with Crippen molar-refractivity contribution in [3.8, 4) is 85.1 Å². The number of hydrogen-bond acceptors (Lipinski definition) is 6. The van der Waals surface area contributed by atoms with Crippen molar-refractivity contribution in [2.24, 2.45) is 0 Å². The minimum absolute atomic E-state index is 0.431. The highest BCUT2D eigenvalue weighted by atomic mass is 14.7. The van der Waals surface area contributed by atoms with Crippen molar-refractivity contribution in [1.29, 1.82) is 15.8 Å². The monoisotopic (exact) mass is 1140 g/mol. The minimum Gasteiger partial charge on any atom is -0.263 e. The van der Waals surface area contributed by atoms with E-state index >= 15 is 0 Å². The summed E-state index contributed by atoms with van der Waals surface area (Å²) in [6.45, 7) is 0. The highest BCUT2D eigenvalue weighted by molar-refractivity contribution is 6.28. The Kier molecular flexibility index (Phi) is 12.9. The van der Waals surface area contributed by atoms with Crippen molar-refractivity contribution < 1.29 is 0 Å². The smallest absolute Gasteiger partial charge is 0.141 e. The van der Waals surface area contributed by atoms with Gasteiger partial charge in [0.15, 0.2) is 0 Å². The molecule has 0 amide bonds. The lowest BCUT2D eigenvalue weighted by Gasteiger charge is -2.14. The van der Waals surface area contributed by atoms with Crippen LogP contribution in [0.3, 0.4) is 0 Å². The Morgan fingerprint density at radius 3 is 1.07 bits per heavy atom. The minimum atomic E-state index is 0.431. The Labute approximate surface area is 518 Å². The summed E-state index contributed by atoms with van der Waals surface area (Å²) in [5.74, 6) is 0. The fourth-order valence-corrected chi connectivity index (χ4v) is 13.5. The van der Waals surface area contributed by atoms with E-state index < -0.39 is 0 Å². The maximum atomic E-state index is 9.22. The Morgan fingerprint density at radius 1 is 0.244 bits per heavy atom. The maximum absolute atomic E-state index is 9.22. The summed E-state index contributed by atoms with van der Waals surface area (Å²) in [5, 5.41) is 50.8. The Balaban J connectivity index is 0.000000108.